The van der Waals surface area contributed by atoms with Crippen LogP contribution in [-0.4, -0.2) is 16.7 Å². The van der Waals surface area contributed by atoms with Gasteiger partial charge in [-0.2, -0.15) is 0 Å². The molecular weight excluding hydrogens is 268 g/mol. The second-order valence-electron chi connectivity index (χ2n) is 4.32. The van der Waals surface area contributed by atoms with Crippen LogP contribution in [0.3, 0.4) is 0 Å². The Bertz CT molecular complexity index is 569. The van der Waals surface area contributed by atoms with Crippen LogP contribution in [0.2, 0.25) is 4.47 Å². The number of nitrogens with two attached hydrogens (primary N) is 1. The van der Waals surface area contributed by atoms with Crippen LogP contribution in [0.5, 0.6) is 0 Å². The van der Waals surface area contributed by atoms with Crippen molar-refractivity contribution in [1.82, 2.24) is 10.2 Å². The number of nitrogen functional groups attached to an aromatic ring is 1. The average Bonchev–Trinajstić information content (AvgIpc) is 2.76. The van der Waals surface area contributed by atoms with E-state index in [0.717, 1.165) is 36.6 Å². The molecule has 2 aromatic rings. The topological polar surface area (TPSA) is 55.0 Å². The Morgan fingerprint density at radius 2 is 2.28 bits per heavy atom. The van der Waals surface area contributed by atoms with Gasteiger partial charge in [0, 0.05) is 17.9 Å². The molecule has 18 heavy (non-hydrogen) atoms. The minimum atomic E-state index is 0.495. The minimum absolute atomic E-state index is 0.495. The fourth-order valence-corrected chi connectivity index (χ4v) is 3.24. The Morgan fingerprint density at radius 1 is 1.39 bits per heavy atom. The van der Waals surface area contributed by atoms with Crippen LogP contribution in [-0.2, 0) is 13.0 Å². The van der Waals surface area contributed by atoms with E-state index in [4.69, 9.17) is 17.3 Å². The number of hydrogen-bond donors (Lipinski definition) is 1. The summed E-state index contributed by atoms with van der Waals surface area (Å²) in [4.78, 5) is 2.30. The molecule has 94 valence electrons. The first-order valence-corrected chi connectivity index (χ1v) is 7.03. The van der Waals surface area contributed by atoms with Gasteiger partial charge >= 0.3 is 0 Å². The molecule has 0 saturated carbocycles. The fraction of sp³-hybridized carbons (Fsp3) is 0.333. The lowest BCUT2D eigenvalue weighted by molar-refractivity contribution is 0.687. The number of anilines is 2. The molecular formula is C12H13ClN4S. The molecule has 0 unspecified atom stereocenters. The van der Waals surface area contributed by atoms with Crippen LogP contribution in [0.25, 0.3) is 0 Å². The van der Waals surface area contributed by atoms with Gasteiger partial charge in [0.05, 0.1) is 6.54 Å². The van der Waals surface area contributed by atoms with Crippen molar-refractivity contribution < 1.29 is 0 Å². The fourth-order valence-electron chi connectivity index (χ4n) is 2.35. The standard InChI is InChI=1S/C12H13ClN4S/c13-12-16-15-11(18-12)7-17-6-2-3-8-9(14)4-1-5-10(8)17/h1,4-5H,2-3,6-7,14H2. The quantitative estimate of drug-likeness (QED) is 0.860. The normalized spacial score (nSPS) is 14.6. The summed E-state index contributed by atoms with van der Waals surface area (Å²) in [6.07, 6.45) is 2.17. The van der Waals surface area contributed by atoms with Crippen LogP contribution in [0, 0.1) is 0 Å². The summed E-state index contributed by atoms with van der Waals surface area (Å²) in [7, 11) is 0. The zero-order chi connectivity index (χ0) is 12.5. The van der Waals surface area contributed by atoms with Gasteiger partial charge in [0.25, 0.3) is 0 Å². The third kappa shape index (κ3) is 2.15. The Labute approximate surface area is 114 Å². The van der Waals surface area contributed by atoms with Crippen LogP contribution < -0.4 is 10.6 Å². The molecule has 1 aromatic heterocycles. The molecule has 1 aliphatic heterocycles. The first-order valence-electron chi connectivity index (χ1n) is 5.84. The average molecular weight is 281 g/mol. The summed E-state index contributed by atoms with van der Waals surface area (Å²) in [6.45, 7) is 1.77. The highest BCUT2D eigenvalue weighted by Crippen LogP contribution is 2.32. The summed E-state index contributed by atoms with van der Waals surface area (Å²) in [6, 6.07) is 6.08. The minimum Gasteiger partial charge on any atom is -0.398 e. The zero-order valence-corrected chi connectivity index (χ0v) is 11.3. The maximum atomic E-state index is 6.03. The predicted molar refractivity (Wildman–Crippen MR) is 75.1 cm³/mol. The number of hydrogen-bond acceptors (Lipinski definition) is 5. The monoisotopic (exact) mass is 280 g/mol. The molecule has 3 rings (SSSR count). The maximum absolute atomic E-state index is 6.03. The van der Waals surface area contributed by atoms with Crippen LogP contribution in [0.4, 0.5) is 11.4 Å². The molecule has 0 atom stereocenters. The highest BCUT2D eigenvalue weighted by atomic mass is 35.5. The van der Waals surface area contributed by atoms with Crippen LogP contribution in [0.15, 0.2) is 18.2 Å². The molecule has 4 nitrogen and oxygen atoms in total. The largest absolute Gasteiger partial charge is 0.398 e. The number of rotatable bonds is 2. The second kappa shape index (κ2) is 4.74. The van der Waals surface area contributed by atoms with Crippen molar-refractivity contribution in [2.75, 3.05) is 17.2 Å². The van der Waals surface area contributed by atoms with Gasteiger partial charge in [0.2, 0.25) is 4.47 Å². The lowest BCUT2D eigenvalue weighted by atomic mass is 10.00. The third-order valence-corrected chi connectivity index (χ3v) is 4.15. The van der Waals surface area contributed by atoms with E-state index in [1.807, 2.05) is 12.1 Å². The lowest BCUT2D eigenvalue weighted by Gasteiger charge is -2.31. The number of aromatic nitrogens is 2. The molecule has 0 saturated heterocycles. The van der Waals surface area contributed by atoms with Gasteiger partial charge in [-0.1, -0.05) is 17.4 Å². The van der Waals surface area contributed by atoms with E-state index in [0.29, 0.717) is 4.47 Å². The molecule has 2 N–H and O–H groups in total. The molecule has 0 aliphatic carbocycles. The SMILES string of the molecule is Nc1cccc2c1CCCN2Cc1nnc(Cl)s1. The van der Waals surface area contributed by atoms with E-state index >= 15 is 0 Å². The Kier molecular flexibility index (Phi) is 3.09. The Balaban J connectivity index is 1.89. The van der Waals surface area contributed by atoms with Gasteiger partial charge in [-0.15, -0.1) is 10.2 Å². The Hall–Kier alpha value is -1.33. The van der Waals surface area contributed by atoms with Crippen molar-refractivity contribution in [3.05, 3.63) is 33.2 Å². The van der Waals surface area contributed by atoms with E-state index < -0.39 is 0 Å². The summed E-state index contributed by atoms with van der Waals surface area (Å²) in [5.74, 6) is 0. The lowest BCUT2D eigenvalue weighted by Crippen LogP contribution is -2.29. The van der Waals surface area contributed by atoms with Gasteiger partial charge in [0.1, 0.15) is 5.01 Å². The molecule has 6 heteroatoms. The first-order chi connectivity index (χ1) is 8.74. The van der Waals surface area contributed by atoms with Crippen molar-refractivity contribution >= 4 is 34.3 Å². The smallest absolute Gasteiger partial charge is 0.207 e. The second-order valence-corrected chi connectivity index (χ2v) is 5.96. The molecule has 1 aromatic carbocycles. The van der Waals surface area contributed by atoms with Gasteiger partial charge in [-0.05, 0) is 42.1 Å². The first kappa shape index (κ1) is 11.7. The van der Waals surface area contributed by atoms with Crippen LogP contribution in [0.1, 0.15) is 17.0 Å². The molecule has 0 fully saturated rings. The molecule has 0 bridgehead atoms. The number of benzene rings is 1. The highest BCUT2D eigenvalue weighted by molar-refractivity contribution is 7.15. The van der Waals surface area contributed by atoms with E-state index in [1.54, 1.807) is 0 Å². The van der Waals surface area contributed by atoms with E-state index in [1.165, 1.54) is 22.6 Å². The van der Waals surface area contributed by atoms with Crippen molar-refractivity contribution in [3.8, 4) is 0 Å². The molecule has 0 radical (unpaired) electrons. The van der Waals surface area contributed by atoms with Gasteiger partial charge < -0.3 is 10.6 Å². The number of halogens is 1. The van der Waals surface area contributed by atoms with E-state index in [9.17, 15) is 0 Å². The van der Waals surface area contributed by atoms with Gasteiger partial charge in [0.15, 0.2) is 0 Å². The highest BCUT2D eigenvalue weighted by Gasteiger charge is 2.19. The molecule has 0 spiro atoms. The molecule has 0 amide bonds. The zero-order valence-electron chi connectivity index (χ0n) is 9.77. The van der Waals surface area contributed by atoms with Crippen molar-refractivity contribution in [2.24, 2.45) is 0 Å². The van der Waals surface area contributed by atoms with E-state index in [2.05, 4.69) is 21.2 Å². The number of nitrogens with zero attached hydrogens (tertiary/aromatic N) is 3. The van der Waals surface area contributed by atoms with Crippen molar-refractivity contribution in [2.45, 2.75) is 19.4 Å². The number of fused-ring (bicyclic) bond motifs is 1. The van der Waals surface area contributed by atoms with Crippen molar-refractivity contribution in [3.63, 3.8) is 0 Å². The Morgan fingerprint density at radius 3 is 3.06 bits per heavy atom. The predicted octanol–water partition coefficient (Wildman–Crippen LogP) is 2.73. The summed E-state index contributed by atoms with van der Waals surface area (Å²) in [5, 5.41) is 8.85. The third-order valence-electron chi connectivity index (χ3n) is 3.15. The summed E-state index contributed by atoms with van der Waals surface area (Å²) in [5.41, 5.74) is 9.37. The molecule has 1 aliphatic rings. The summed E-state index contributed by atoms with van der Waals surface area (Å²) >= 11 is 7.24. The maximum Gasteiger partial charge on any atom is 0.207 e. The van der Waals surface area contributed by atoms with Crippen LogP contribution >= 0.6 is 22.9 Å². The van der Waals surface area contributed by atoms with Crippen molar-refractivity contribution in [1.29, 1.82) is 0 Å². The molecule has 2 heterocycles. The van der Waals surface area contributed by atoms with Gasteiger partial charge in [-0.3, -0.25) is 0 Å². The van der Waals surface area contributed by atoms with Gasteiger partial charge in [-0.25, -0.2) is 0 Å². The summed E-state index contributed by atoms with van der Waals surface area (Å²) < 4.78 is 0.495. The van der Waals surface area contributed by atoms with E-state index in [-0.39, 0.29) is 0 Å².